The predicted molar refractivity (Wildman–Crippen MR) is 43.2 cm³/mol. The van der Waals surface area contributed by atoms with Gasteiger partial charge in [0.05, 0.1) is 6.20 Å². The first kappa shape index (κ1) is 8.03. The van der Waals surface area contributed by atoms with Gasteiger partial charge in [-0.3, -0.25) is 5.10 Å². The number of nitrogens with zero attached hydrogens (tertiary/aromatic N) is 3. The molecule has 1 amide bonds. The topological polar surface area (TPSA) is 71.1 Å². The lowest BCUT2D eigenvalue weighted by Crippen LogP contribution is -2.30. The third-order valence-electron chi connectivity index (χ3n) is 1.95. The summed E-state index contributed by atoms with van der Waals surface area (Å²) in [5, 5.41) is 9.45. The van der Waals surface area contributed by atoms with Crippen LogP contribution >= 0.6 is 0 Å². The van der Waals surface area contributed by atoms with Gasteiger partial charge in [0.1, 0.15) is 0 Å². The number of carbonyl (C=O) groups is 1. The van der Waals surface area contributed by atoms with Crippen molar-refractivity contribution in [3.63, 3.8) is 0 Å². The second kappa shape index (κ2) is 3.42. The van der Waals surface area contributed by atoms with Crippen molar-refractivity contribution in [1.29, 1.82) is 0 Å². The monoisotopic (exact) mass is 182 g/mol. The van der Waals surface area contributed by atoms with Crippen molar-refractivity contribution >= 4 is 6.09 Å². The summed E-state index contributed by atoms with van der Waals surface area (Å²) >= 11 is 0. The molecule has 6 heteroatoms. The summed E-state index contributed by atoms with van der Waals surface area (Å²) in [5.41, 5.74) is 0. The Morgan fingerprint density at radius 3 is 2.92 bits per heavy atom. The van der Waals surface area contributed by atoms with Crippen molar-refractivity contribution in [3.05, 3.63) is 6.20 Å². The minimum atomic E-state index is -0.341. The van der Waals surface area contributed by atoms with Gasteiger partial charge in [-0.1, -0.05) is 10.3 Å². The molecular formula is C7H10N4O2. The minimum absolute atomic E-state index is 0.219. The molecule has 1 aromatic heterocycles. The number of hydrogen-bond donors (Lipinski definition) is 1. The van der Waals surface area contributed by atoms with Crippen LogP contribution in [0, 0.1) is 0 Å². The number of rotatable bonds is 1. The Morgan fingerprint density at radius 1 is 1.54 bits per heavy atom. The number of hydrogen-bond acceptors (Lipinski definition) is 4. The lowest BCUT2D eigenvalue weighted by molar-refractivity contribution is 0.161. The summed E-state index contributed by atoms with van der Waals surface area (Å²) in [6.07, 6.45) is 3.20. The molecular weight excluding hydrogens is 172 g/mol. The number of carbonyl (C=O) groups excluding carboxylic acids is 1. The van der Waals surface area contributed by atoms with Gasteiger partial charge >= 0.3 is 6.09 Å². The molecule has 0 atom stereocenters. The lowest BCUT2D eigenvalue weighted by Gasteiger charge is -2.12. The fourth-order valence-corrected chi connectivity index (χ4v) is 1.29. The van der Waals surface area contributed by atoms with Gasteiger partial charge in [0, 0.05) is 13.1 Å². The van der Waals surface area contributed by atoms with E-state index in [1.807, 2.05) is 0 Å². The van der Waals surface area contributed by atoms with Crippen LogP contribution in [0.4, 0.5) is 4.79 Å². The Labute approximate surface area is 74.9 Å². The molecule has 1 N–H and O–H groups in total. The van der Waals surface area contributed by atoms with Gasteiger partial charge in [-0.25, -0.2) is 4.79 Å². The highest BCUT2D eigenvalue weighted by Gasteiger charge is 2.20. The second-order valence-electron chi connectivity index (χ2n) is 2.87. The Balaban J connectivity index is 1.91. The van der Waals surface area contributed by atoms with Crippen LogP contribution in [0.1, 0.15) is 12.8 Å². The minimum Gasteiger partial charge on any atom is -0.388 e. The molecule has 0 bridgehead atoms. The first-order valence-electron chi connectivity index (χ1n) is 4.19. The number of nitrogens with one attached hydrogen (secondary N) is 1. The third-order valence-corrected chi connectivity index (χ3v) is 1.95. The van der Waals surface area contributed by atoms with Crippen LogP contribution < -0.4 is 4.74 Å². The summed E-state index contributed by atoms with van der Waals surface area (Å²) in [6.45, 7) is 1.55. The van der Waals surface area contributed by atoms with E-state index in [2.05, 4.69) is 15.4 Å². The zero-order chi connectivity index (χ0) is 9.10. The zero-order valence-corrected chi connectivity index (χ0v) is 7.06. The maximum Gasteiger partial charge on any atom is 0.416 e. The first-order chi connectivity index (χ1) is 6.36. The molecule has 0 aromatic carbocycles. The van der Waals surface area contributed by atoms with Crippen LogP contribution in [0.15, 0.2) is 6.20 Å². The average Bonchev–Trinajstić information content (AvgIpc) is 2.74. The summed E-state index contributed by atoms with van der Waals surface area (Å²) in [4.78, 5) is 13.0. The normalized spacial score (nSPS) is 16.2. The molecule has 1 aromatic rings. The smallest absolute Gasteiger partial charge is 0.388 e. The van der Waals surface area contributed by atoms with Gasteiger partial charge in [-0.05, 0) is 12.8 Å². The van der Waals surface area contributed by atoms with E-state index >= 15 is 0 Å². The third kappa shape index (κ3) is 1.77. The van der Waals surface area contributed by atoms with Gasteiger partial charge in [0.2, 0.25) is 0 Å². The van der Waals surface area contributed by atoms with Gasteiger partial charge < -0.3 is 9.64 Å². The molecule has 1 saturated heterocycles. The molecule has 0 aliphatic carbocycles. The molecule has 1 aliphatic rings. The number of H-pyrrole nitrogens is 1. The Kier molecular flexibility index (Phi) is 2.11. The van der Waals surface area contributed by atoms with Gasteiger partial charge in [0.15, 0.2) is 0 Å². The standard InChI is InChI=1S/C7H10N4O2/c12-7(11-3-1-2-4-11)13-6-5-8-10-9-6/h5H,1-4H2,(H,8,9,10). The largest absolute Gasteiger partial charge is 0.416 e. The van der Waals surface area contributed by atoms with E-state index in [1.165, 1.54) is 6.20 Å². The molecule has 2 heterocycles. The Hall–Kier alpha value is -1.59. The first-order valence-corrected chi connectivity index (χ1v) is 4.19. The summed E-state index contributed by atoms with van der Waals surface area (Å²) in [6, 6.07) is 0. The van der Waals surface area contributed by atoms with E-state index in [4.69, 9.17) is 4.74 Å². The lowest BCUT2D eigenvalue weighted by atomic mass is 10.4. The summed E-state index contributed by atoms with van der Waals surface area (Å²) < 4.78 is 4.92. The van der Waals surface area contributed by atoms with E-state index < -0.39 is 0 Å². The van der Waals surface area contributed by atoms with E-state index in [9.17, 15) is 4.79 Å². The Bertz CT molecular complexity index is 279. The van der Waals surface area contributed by atoms with Crippen molar-refractivity contribution in [2.24, 2.45) is 0 Å². The van der Waals surface area contributed by atoms with Gasteiger partial charge in [-0.15, -0.1) is 0 Å². The van der Waals surface area contributed by atoms with Crippen molar-refractivity contribution < 1.29 is 9.53 Å². The second-order valence-corrected chi connectivity index (χ2v) is 2.87. The molecule has 0 radical (unpaired) electrons. The molecule has 6 nitrogen and oxygen atoms in total. The molecule has 70 valence electrons. The van der Waals surface area contributed by atoms with E-state index in [-0.39, 0.29) is 12.0 Å². The number of aromatic nitrogens is 3. The molecule has 1 fully saturated rings. The Morgan fingerprint density at radius 2 is 2.31 bits per heavy atom. The van der Waals surface area contributed by atoms with Gasteiger partial charge in [0.25, 0.3) is 5.88 Å². The molecule has 1 aliphatic heterocycles. The maximum atomic E-state index is 11.3. The van der Waals surface area contributed by atoms with Crippen molar-refractivity contribution in [2.45, 2.75) is 12.8 Å². The number of aromatic amines is 1. The fraction of sp³-hybridized carbons (Fsp3) is 0.571. The van der Waals surface area contributed by atoms with E-state index in [0.29, 0.717) is 0 Å². The van der Waals surface area contributed by atoms with Crippen LogP contribution in [0.25, 0.3) is 0 Å². The van der Waals surface area contributed by atoms with E-state index in [1.54, 1.807) is 4.90 Å². The van der Waals surface area contributed by atoms with Crippen LogP contribution in [-0.4, -0.2) is 39.5 Å². The highest BCUT2D eigenvalue weighted by Crippen LogP contribution is 2.10. The molecule has 2 rings (SSSR count). The van der Waals surface area contributed by atoms with E-state index in [0.717, 1.165) is 25.9 Å². The quantitative estimate of drug-likeness (QED) is 0.682. The zero-order valence-electron chi connectivity index (χ0n) is 7.06. The van der Waals surface area contributed by atoms with Crippen LogP contribution in [0.2, 0.25) is 0 Å². The summed E-state index contributed by atoms with van der Waals surface area (Å²) in [7, 11) is 0. The number of ether oxygens (including phenoxy) is 1. The number of amides is 1. The highest BCUT2D eigenvalue weighted by atomic mass is 16.6. The predicted octanol–water partition coefficient (Wildman–Crippen LogP) is 0.399. The maximum absolute atomic E-state index is 11.3. The van der Waals surface area contributed by atoms with Gasteiger partial charge in [-0.2, -0.15) is 0 Å². The summed E-state index contributed by atoms with van der Waals surface area (Å²) in [5.74, 6) is 0.219. The van der Waals surface area contributed by atoms with Crippen LogP contribution in [0.5, 0.6) is 5.88 Å². The van der Waals surface area contributed by atoms with Crippen molar-refractivity contribution in [1.82, 2.24) is 20.3 Å². The van der Waals surface area contributed by atoms with Crippen LogP contribution in [-0.2, 0) is 0 Å². The molecule has 0 unspecified atom stereocenters. The fourth-order valence-electron chi connectivity index (χ4n) is 1.29. The van der Waals surface area contributed by atoms with Crippen molar-refractivity contribution in [2.75, 3.05) is 13.1 Å². The SMILES string of the molecule is O=C(Oc1c[nH]nn1)N1CCCC1. The molecule has 13 heavy (non-hydrogen) atoms. The average molecular weight is 182 g/mol. The molecule has 0 spiro atoms. The van der Waals surface area contributed by atoms with Crippen molar-refractivity contribution in [3.8, 4) is 5.88 Å². The highest BCUT2D eigenvalue weighted by molar-refractivity contribution is 5.70. The van der Waals surface area contributed by atoms with Crippen LogP contribution in [0.3, 0.4) is 0 Å². The number of likely N-dealkylation sites (tertiary alicyclic amines) is 1. The molecule has 0 saturated carbocycles.